The molecule has 1 rings (SSSR count). The molecule has 1 aromatic rings. The van der Waals surface area contributed by atoms with Gasteiger partial charge in [-0.15, -0.1) is 0 Å². The van der Waals surface area contributed by atoms with Crippen LogP contribution >= 0.6 is 27.5 Å². The number of carbonyl (C=O) groups is 1. The second-order valence-corrected chi connectivity index (χ2v) is 3.74. The molecule has 3 nitrogen and oxygen atoms in total. The third kappa shape index (κ3) is 3.05. The molecule has 0 saturated carbocycles. The number of rotatable bonds is 4. The van der Waals surface area contributed by atoms with Gasteiger partial charge in [0, 0.05) is 5.33 Å². The summed E-state index contributed by atoms with van der Waals surface area (Å²) >= 11 is 8.77. The Morgan fingerprint density at radius 2 is 2.19 bits per heavy atom. The first-order chi connectivity index (χ1) is 7.45. The first kappa shape index (κ1) is 13.2. The SMILES string of the molecule is O=C(O)c1c(Cl)cc(CBr)cc1OC(F)F. The molecule has 0 atom stereocenters. The molecule has 0 amide bonds. The lowest BCUT2D eigenvalue weighted by molar-refractivity contribution is -0.0503. The van der Waals surface area contributed by atoms with E-state index in [1.807, 2.05) is 0 Å². The van der Waals surface area contributed by atoms with Gasteiger partial charge in [0.2, 0.25) is 0 Å². The van der Waals surface area contributed by atoms with Gasteiger partial charge in [0.15, 0.2) is 0 Å². The Bertz CT molecular complexity index is 412. The van der Waals surface area contributed by atoms with E-state index in [4.69, 9.17) is 16.7 Å². The topological polar surface area (TPSA) is 46.5 Å². The van der Waals surface area contributed by atoms with E-state index in [-0.39, 0.29) is 5.02 Å². The highest BCUT2D eigenvalue weighted by Gasteiger charge is 2.19. The van der Waals surface area contributed by atoms with Crippen molar-refractivity contribution < 1.29 is 23.4 Å². The van der Waals surface area contributed by atoms with Gasteiger partial charge in [0.1, 0.15) is 11.3 Å². The summed E-state index contributed by atoms with van der Waals surface area (Å²) < 4.78 is 28.2. The van der Waals surface area contributed by atoms with Crippen LogP contribution in [0.2, 0.25) is 5.02 Å². The monoisotopic (exact) mass is 314 g/mol. The average Bonchev–Trinajstić information content (AvgIpc) is 2.14. The standard InChI is InChI=1S/C9H6BrClF2O3/c10-3-4-1-5(11)7(8(14)15)6(2-4)16-9(12)13/h1-2,9H,3H2,(H,14,15). The highest BCUT2D eigenvalue weighted by molar-refractivity contribution is 9.08. The fourth-order valence-corrected chi connectivity index (χ4v) is 1.75. The van der Waals surface area contributed by atoms with E-state index in [2.05, 4.69) is 20.7 Å². The van der Waals surface area contributed by atoms with Crippen LogP contribution in [0.1, 0.15) is 15.9 Å². The van der Waals surface area contributed by atoms with Gasteiger partial charge in [0.25, 0.3) is 0 Å². The van der Waals surface area contributed by atoms with Gasteiger partial charge in [0.05, 0.1) is 5.02 Å². The van der Waals surface area contributed by atoms with Crippen LogP contribution in [0.5, 0.6) is 5.75 Å². The molecule has 0 aliphatic carbocycles. The Kier molecular flexibility index (Phi) is 4.49. The van der Waals surface area contributed by atoms with Gasteiger partial charge in [-0.3, -0.25) is 0 Å². The fourth-order valence-electron chi connectivity index (χ4n) is 1.11. The molecular formula is C9H6BrClF2O3. The molecule has 88 valence electrons. The maximum absolute atomic E-state index is 12.1. The molecule has 0 heterocycles. The van der Waals surface area contributed by atoms with Crippen LogP contribution in [0.4, 0.5) is 8.78 Å². The zero-order valence-corrected chi connectivity index (χ0v) is 10.1. The van der Waals surface area contributed by atoms with Crippen molar-refractivity contribution >= 4 is 33.5 Å². The number of alkyl halides is 3. The molecule has 0 saturated heterocycles. The molecule has 0 fully saturated rings. The van der Waals surface area contributed by atoms with Gasteiger partial charge < -0.3 is 9.84 Å². The van der Waals surface area contributed by atoms with Crippen LogP contribution in [0.15, 0.2) is 12.1 Å². The highest BCUT2D eigenvalue weighted by Crippen LogP contribution is 2.30. The van der Waals surface area contributed by atoms with Crippen molar-refractivity contribution in [1.29, 1.82) is 0 Å². The summed E-state index contributed by atoms with van der Waals surface area (Å²) in [6.07, 6.45) is 0. The number of carboxylic acids is 1. The Hall–Kier alpha value is -0.880. The molecule has 0 bridgehead atoms. The number of ether oxygens (including phenoxy) is 1. The minimum atomic E-state index is -3.10. The molecule has 0 unspecified atom stereocenters. The number of benzene rings is 1. The quantitative estimate of drug-likeness (QED) is 0.865. The zero-order valence-electron chi connectivity index (χ0n) is 7.71. The normalized spacial score (nSPS) is 10.6. The second kappa shape index (κ2) is 5.45. The third-order valence-electron chi connectivity index (χ3n) is 1.70. The third-order valence-corrected chi connectivity index (χ3v) is 2.64. The van der Waals surface area contributed by atoms with E-state index in [1.165, 1.54) is 12.1 Å². The molecule has 0 aliphatic heterocycles. The number of halogens is 4. The maximum atomic E-state index is 12.1. The van der Waals surface area contributed by atoms with Gasteiger partial charge in [-0.1, -0.05) is 27.5 Å². The van der Waals surface area contributed by atoms with Crippen molar-refractivity contribution in [1.82, 2.24) is 0 Å². The molecule has 16 heavy (non-hydrogen) atoms. The van der Waals surface area contributed by atoms with E-state index < -0.39 is 23.9 Å². The van der Waals surface area contributed by atoms with Crippen molar-refractivity contribution in [2.75, 3.05) is 0 Å². The summed E-state index contributed by atoms with van der Waals surface area (Å²) in [6, 6.07) is 2.58. The van der Waals surface area contributed by atoms with Crippen molar-refractivity contribution in [2.24, 2.45) is 0 Å². The van der Waals surface area contributed by atoms with Crippen molar-refractivity contribution in [3.05, 3.63) is 28.3 Å². The van der Waals surface area contributed by atoms with E-state index in [0.29, 0.717) is 10.9 Å². The summed E-state index contributed by atoms with van der Waals surface area (Å²) in [5.74, 6) is -1.86. The van der Waals surface area contributed by atoms with Crippen LogP contribution in [-0.4, -0.2) is 17.7 Å². The molecule has 0 aromatic heterocycles. The van der Waals surface area contributed by atoms with Gasteiger partial charge in [-0.05, 0) is 17.7 Å². The van der Waals surface area contributed by atoms with E-state index in [0.717, 1.165) is 0 Å². The molecule has 1 N–H and O–H groups in total. The molecule has 7 heteroatoms. The average molecular weight is 315 g/mol. The molecule has 0 spiro atoms. The number of hydrogen-bond donors (Lipinski definition) is 1. The Labute approximate surface area is 103 Å². The van der Waals surface area contributed by atoms with Crippen molar-refractivity contribution in [2.45, 2.75) is 11.9 Å². The van der Waals surface area contributed by atoms with E-state index in [1.54, 1.807) is 0 Å². The van der Waals surface area contributed by atoms with Gasteiger partial charge >= 0.3 is 12.6 Å². The van der Waals surface area contributed by atoms with Crippen LogP contribution in [0.25, 0.3) is 0 Å². The minimum Gasteiger partial charge on any atom is -0.478 e. The summed E-state index contributed by atoms with van der Waals surface area (Å²) in [4.78, 5) is 10.8. The fraction of sp³-hybridized carbons (Fsp3) is 0.222. The lowest BCUT2D eigenvalue weighted by Gasteiger charge is -2.10. The molecule has 1 aromatic carbocycles. The Morgan fingerprint density at radius 1 is 1.56 bits per heavy atom. The second-order valence-electron chi connectivity index (χ2n) is 2.77. The first-order valence-corrected chi connectivity index (χ1v) is 5.52. The number of carboxylic acid groups (broad SMARTS) is 1. The summed E-state index contributed by atoms with van der Waals surface area (Å²) in [5.41, 5.74) is 0.0808. The van der Waals surface area contributed by atoms with Crippen molar-refractivity contribution in [3.8, 4) is 5.75 Å². The van der Waals surface area contributed by atoms with Crippen LogP contribution in [0.3, 0.4) is 0 Å². The van der Waals surface area contributed by atoms with Crippen LogP contribution in [0, 0.1) is 0 Å². The number of aromatic carboxylic acids is 1. The van der Waals surface area contributed by atoms with Gasteiger partial charge in [-0.25, -0.2) is 4.79 Å². The zero-order chi connectivity index (χ0) is 12.3. The van der Waals surface area contributed by atoms with Crippen LogP contribution < -0.4 is 4.74 Å². The summed E-state index contributed by atoms with van der Waals surface area (Å²) in [5, 5.41) is 9.02. The lowest BCUT2D eigenvalue weighted by atomic mass is 10.1. The Morgan fingerprint density at radius 3 is 2.62 bits per heavy atom. The van der Waals surface area contributed by atoms with Crippen LogP contribution in [-0.2, 0) is 5.33 Å². The van der Waals surface area contributed by atoms with Gasteiger partial charge in [-0.2, -0.15) is 8.78 Å². The molecule has 0 radical (unpaired) electrons. The minimum absolute atomic E-state index is 0.139. The molecular weight excluding hydrogens is 309 g/mol. The van der Waals surface area contributed by atoms with E-state index in [9.17, 15) is 13.6 Å². The smallest absolute Gasteiger partial charge is 0.387 e. The Balaban J connectivity index is 3.28. The predicted molar refractivity (Wildman–Crippen MR) is 57.7 cm³/mol. The summed E-state index contributed by atoms with van der Waals surface area (Å²) in [7, 11) is 0. The maximum Gasteiger partial charge on any atom is 0.387 e. The first-order valence-electron chi connectivity index (χ1n) is 4.02. The lowest BCUT2D eigenvalue weighted by Crippen LogP contribution is -2.08. The largest absolute Gasteiger partial charge is 0.478 e. The highest BCUT2D eigenvalue weighted by atomic mass is 79.9. The van der Waals surface area contributed by atoms with E-state index >= 15 is 0 Å². The predicted octanol–water partition coefficient (Wildman–Crippen LogP) is 3.53. The number of hydrogen-bond acceptors (Lipinski definition) is 2. The summed E-state index contributed by atoms with van der Waals surface area (Å²) in [6.45, 7) is -3.10. The molecule has 0 aliphatic rings. The van der Waals surface area contributed by atoms with Crippen molar-refractivity contribution in [3.63, 3.8) is 0 Å².